The Balaban J connectivity index is 1.61. The van der Waals surface area contributed by atoms with Crippen molar-refractivity contribution in [2.24, 2.45) is 0 Å². The van der Waals surface area contributed by atoms with Crippen LogP contribution in [0.15, 0.2) is 64.1 Å². The number of aromatic hydroxyl groups is 1. The van der Waals surface area contributed by atoms with Gasteiger partial charge < -0.3 is 15.3 Å². The first-order valence-electron chi connectivity index (χ1n) is 12.8. The second kappa shape index (κ2) is 9.51. The van der Waals surface area contributed by atoms with Gasteiger partial charge in [0.2, 0.25) is 0 Å². The molecule has 3 N–H and O–H groups in total. The van der Waals surface area contributed by atoms with Crippen molar-refractivity contribution < 1.29 is 22.7 Å². The summed E-state index contributed by atoms with van der Waals surface area (Å²) in [5.41, 5.74) is 6.77. The SMILES string of the molecule is CC(c1oc(=O)c2ccccc2c1C1=CCCCC1)n1nc(-c2cc(O)cc(C(F)(F)F)c2)c2c(N)ncnc21. The van der Waals surface area contributed by atoms with Crippen LogP contribution in [0.3, 0.4) is 0 Å². The van der Waals surface area contributed by atoms with Crippen LogP contribution in [0.4, 0.5) is 19.0 Å². The fraction of sp³-hybridized carbons (Fsp3) is 0.241. The highest BCUT2D eigenvalue weighted by Gasteiger charge is 2.33. The number of phenols is 1. The molecule has 5 aromatic rings. The lowest BCUT2D eigenvalue weighted by molar-refractivity contribution is -0.137. The van der Waals surface area contributed by atoms with E-state index in [2.05, 4.69) is 21.1 Å². The quantitative estimate of drug-likeness (QED) is 0.264. The summed E-state index contributed by atoms with van der Waals surface area (Å²) in [6, 6.07) is 9.23. The number of fused-ring (bicyclic) bond motifs is 2. The van der Waals surface area contributed by atoms with Crippen molar-refractivity contribution in [3.8, 4) is 17.0 Å². The lowest BCUT2D eigenvalue weighted by Crippen LogP contribution is -2.16. The van der Waals surface area contributed by atoms with Gasteiger partial charge >= 0.3 is 11.8 Å². The van der Waals surface area contributed by atoms with Gasteiger partial charge in [-0.2, -0.15) is 18.3 Å². The Morgan fingerprint density at radius 2 is 1.88 bits per heavy atom. The Labute approximate surface area is 225 Å². The van der Waals surface area contributed by atoms with Crippen LogP contribution < -0.4 is 11.4 Å². The monoisotopic (exact) mass is 547 g/mol. The molecule has 0 fully saturated rings. The molecular formula is C29H24F3N5O3. The van der Waals surface area contributed by atoms with Gasteiger partial charge in [0.25, 0.3) is 0 Å². The minimum atomic E-state index is -4.70. The Kier molecular flexibility index (Phi) is 6.09. The highest BCUT2D eigenvalue weighted by molar-refractivity contribution is 5.99. The summed E-state index contributed by atoms with van der Waals surface area (Å²) in [4.78, 5) is 21.5. The minimum Gasteiger partial charge on any atom is -0.508 e. The maximum absolute atomic E-state index is 13.6. The third-order valence-electron chi connectivity index (χ3n) is 7.26. The zero-order valence-corrected chi connectivity index (χ0v) is 21.4. The molecule has 3 heterocycles. The van der Waals surface area contributed by atoms with Crippen LogP contribution in [0.2, 0.25) is 0 Å². The van der Waals surface area contributed by atoms with Crippen molar-refractivity contribution >= 4 is 33.2 Å². The molecule has 0 bridgehead atoms. The molecule has 0 saturated carbocycles. The van der Waals surface area contributed by atoms with Crippen molar-refractivity contribution in [3.63, 3.8) is 0 Å². The number of hydrogen-bond donors (Lipinski definition) is 2. The van der Waals surface area contributed by atoms with Gasteiger partial charge in [0.05, 0.1) is 16.3 Å². The number of nitrogens with two attached hydrogens (primary N) is 1. The predicted octanol–water partition coefficient (Wildman–Crippen LogP) is 6.47. The number of alkyl halides is 3. The van der Waals surface area contributed by atoms with E-state index in [9.17, 15) is 23.1 Å². The van der Waals surface area contributed by atoms with E-state index in [4.69, 9.17) is 10.2 Å². The van der Waals surface area contributed by atoms with Gasteiger partial charge in [-0.1, -0.05) is 24.3 Å². The average Bonchev–Trinajstić information content (AvgIpc) is 3.33. The van der Waals surface area contributed by atoms with Crippen LogP contribution in [0.1, 0.15) is 55.5 Å². The molecule has 0 spiro atoms. The molecule has 2 aromatic carbocycles. The first-order valence-corrected chi connectivity index (χ1v) is 12.8. The first-order chi connectivity index (χ1) is 19.1. The van der Waals surface area contributed by atoms with E-state index in [-0.39, 0.29) is 28.1 Å². The van der Waals surface area contributed by atoms with Gasteiger partial charge in [-0.3, -0.25) is 0 Å². The van der Waals surface area contributed by atoms with E-state index in [0.717, 1.165) is 48.3 Å². The number of benzene rings is 2. The molecule has 8 nitrogen and oxygen atoms in total. The summed E-state index contributed by atoms with van der Waals surface area (Å²) >= 11 is 0. The highest BCUT2D eigenvalue weighted by atomic mass is 19.4. The summed E-state index contributed by atoms with van der Waals surface area (Å²) in [7, 11) is 0. The molecule has 204 valence electrons. The molecule has 0 aliphatic heterocycles. The van der Waals surface area contributed by atoms with E-state index < -0.39 is 29.2 Å². The number of nitrogens with zero attached hydrogens (tertiary/aromatic N) is 4. The molecule has 40 heavy (non-hydrogen) atoms. The van der Waals surface area contributed by atoms with Crippen molar-refractivity contribution in [1.82, 2.24) is 19.7 Å². The van der Waals surface area contributed by atoms with Crippen LogP contribution in [-0.4, -0.2) is 24.9 Å². The second-order valence-corrected chi connectivity index (χ2v) is 9.84. The maximum Gasteiger partial charge on any atom is 0.416 e. The summed E-state index contributed by atoms with van der Waals surface area (Å²) in [6.45, 7) is 1.78. The maximum atomic E-state index is 13.6. The summed E-state index contributed by atoms with van der Waals surface area (Å²) in [5.74, 6) is -0.217. The summed E-state index contributed by atoms with van der Waals surface area (Å²) in [6.07, 6.45) is 2.45. The standard InChI is InChI=1S/C29H24F3N5O3/c1-15(25-22(16-7-3-2-4-8-16)20-9-5-6-10-21(20)28(39)40-25)37-27-23(26(33)34-14-35-27)24(36-37)17-11-18(29(30,31)32)13-19(38)12-17/h5-7,9-15,38H,2-4,8H2,1H3,(H2,33,34,35). The Morgan fingerprint density at radius 1 is 1.10 bits per heavy atom. The molecule has 1 unspecified atom stereocenters. The second-order valence-electron chi connectivity index (χ2n) is 9.84. The van der Waals surface area contributed by atoms with Crippen molar-refractivity contribution in [2.45, 2.75) is 44.8 Å². The van der Waals surface area contributed by atoms with Gasteiger partial charge in [-0.05, 0) is 67.8 Å². The number of hydrogen-bond acceptors (Lipinski definition) is 7. The van der Waals surface area contributed by atoms with Crippen molar-refractivity contribution in [3.05, 3.63) is 82.2 Å². The fourth-order valence-electron chi connectivity index (χ4n) is 5.40. The lowest BCUT2D eigenvalue weighted by Gasteiger charge is -2.21. The zero-order valence-electron chi connectivity index (χ0n) is 21.4. The third kappa shape index (κ3) is 4.27. The third-order valence-corrected chi connectivity index (χ3v) is 7.26. The van der Waals surface area contributed by atoms with Crippen LogP contribution >= 0.6 is 0 Å². The molecular weight excluding hydrogens is 523 g/mol. The largest absolute Gasteiger partial charge is 0.508 e. The summed E-state index contributed by atoms with van der Waals surface area (Å²) in [5, 5.41) is 16.2. The van der Waals surface area contributed by atoms with Crippen LogP contribution in [0.5, 0.6) is 5.75 Å². The topological polar surface area (TPSA) is 120 Å². The van der Waals surface area contributed by atoms with Gasteiger partial charge in [0, 0.05) is 11.1 Å². The van der Waals surface area contributed by atoms with E-state index in [1.807, 2.05) is 12.1 Å². The van der Waals surface area contributed by atoms with Gasteiger partial charge in [-0.25, -0.2) is 19.4 Å². The van der Waals surface area contributed by atoms with Crippen LogP contribution in [0, 0.1) is 0 Å². The molecule has 6 rings (SSSR count). The number of anilines is 1. The fourth-order valence-corrected chi connectivity index (χ4v) is 5.40. The van der Waals surface area contributed by atoms with Gasteiger partial charge in [0.15, 0.2) is 5.65 Å². The summed E-state index contributed by atoms with van der Waals surface area (Å²) < 4.78 is 48.1. The van der Waals surface area contributed by atoms with Crippen LogP contribution in [-0.2, 0) is 6.18 Å². The van der Waals surface area contributed by atoms with Crippen molar-refractivity contribution in [2.75, 3.05) is 5.73 Å². The number of halogens is 3. The normalized spacial score (nSPS) is 14.9. The lowest BCUT2D eigenvalue weighted by atomic mass is 9.89. The van der Waals surface area contributed by atoms with Crippen molar-refractivity contribution in [1.29, 1.82) is 0 Å². The number of rotatable bonds is 4. The van der Waals surface area contributed by atoms with E-state index in [0.29, 0.717) is 17.2 Å². The number of phenolic OH excluding ortho intramolecular Hbond substituents is 1. The minimum absolute atomic E-state index is 0.00512. The van der Waals surface area contributed by atoms with Crippen LogP contribution in [0.25, 0.3) is 38.6 Å². The molecule has 1 atom stereocenters. The molecule has 1 aliphatic rings. The van der Waals surface area contributed by atoms with E-state index in [1.165, 1.54) is 17.1 Å². The Morgan fingerprint density at radius 3 is 2.60 bits per heavy atom. The molecule has 1 aliphatic carbocycles. The smallest absolute Gasteiger partial charge is 0.416 e. The molecule has 11 heteroatoms. The predicted molar refractivity (Wildman–Crippen MR) is 145 cm³/mol. The van der Waals surface area contributed by atoms with E-state index in [1.54, 1.807) is 19.1 Å². The Bertz CT molecular complexity index is 1870. The average molecular weight is 548 g/mol. The number of nitrogen functional groups attached to an aromatic ring is 1. The number of allylic oxidation sites excluding steroid dienone is 2. The van der Waals surface area contributed by atoms with Gasteiger partial charge in [0.1, 0.15) is 35.4 Å². The van der Waals surface area contributed by atoms with E-state index >= 15 is 0 Å². The molecule has 0 amide bonds. The highest BCUT2D eigenvalue weighted by Crippen LogP contribution is 2.41. The number of aromatic nitrogens is 4. The Hall–Kier alpha value is -4.67. The molecule has 0 radical (unpaired) electrons. The first kappa shape index (κ1) is 25.6. The van der Waals surface area contributed by atoms with Gasteiger partial charge in [-0.15, -0.1) is 0 Å². The molecule has 0 saturated heterocycles. The zero-order chi connectivity index (χ0) is 28.2. The molecule has 3 aromatic heterocycles.